The fraction of sp³-hybridized carbons (Fsp3) is 0.411. The Labute approximate surface area is 402 Å². The van der Waals surface area contributed by atoms with Gasteiger partial charge in [0.15, 0.2) is 0 Å². The molecule has 2 heterocycles. The van der Waals surface area contributed by atoms with Crippen LogP contribution in [0.5, 0.6) is 5.75 Å². The van der Waals surface area contributed by atoms with Crippen molar-refractivity contribution < 1.29 is 23.9 Å². The van der Waals surface area contributed by atoms with Gasteiger partial charge in [-0.15, -0.1) is 11.3 Å². The van der Waals surface area contributed by atoms with E-state index in [1.807, 2.05) is 95.7 Å². The molecule has 5 aromatic rings. The van der Waals surface area contributed by atoms with E-state index in [0.29, 0.717) is 45.5 Å². The average Bonchev–Trinajstić information content (AvgIpc) is 3.95. The highest BCUT2D eigenvalue weighted by atomic mass is 32.1. The van der Waals surface area contributed by atoms with Gasteiger partial charge >= 0.3 is 0 Å². The molecular weight excluding hydrogens is 855 g/mol. The summed E-state index contributed by atoms with van der Waals surface area (Å²) in [6, 6.07) is 36.0. The molecule has 1 saturated heterocycles. The molecule has 3 atom stereocenters. The predicted molar refractivity (Wildman–Crippen MR) is 271 cm³/mol. The SMILES string of the molecule is CC/C(=C(\c1ccccc1)c1ccc(OCCN(C)C(=O)CCCCCCC(=O)N[C@H](C(=O)N2C[C@H](C)C[C@H]2C(=O)NCc2ccc(-c3scnc3C)cc2)C(C)(C)C)cc1)c1ccccc1. The number of ether oxygens (including phenoxy) is 1. The molecule has 67 heavy (non-hydrogen) atoms. The van der Waals surface area contributed by atoms with E-state index in [9.17, 15) is 19.2 Å². The Bertz CT molecular complexity index is 2430. The second-order valence-electron chi connectivity index (χ2n) is 18.9. The highest BCUT2D eigenvalue weighted by molar-refractivity contribution is 7.13. The zero-order chi connectivity index (χ0) is 47.9. The number of rotatable bonds is 21. The summed E-state index contributed by atoms with van der Waals surface area (Å²) in [6.07, 6.45) is 5.16. The van der Waals surface area contributed by atoms with Crippen molar-refractivity contribution in [3.8, 4) is 16.2 Å². The van der Waals surface area contributed by atoms with Crippen LogP contribution < -0.4 is 15.4 Å². The van der Waals surface area contributed by atoms with Crippen LogP contribution in [0.4, 0.5) is 0 Å². The molecule has 0 aliphatic carbocycles. The number of benzene rings is 4. The minimum atomic E-state index is -0.775. The molecule has 0 radical (unpaired) electrons. The molecule has 1 fully saturated rings. The molecule has 2 N–H and O–H groups in total. The van der Waals surface area contributed by atoms with Gasteiger partial charge in [-0.3, -0.25) is 19.2 Å². The summed E-state index contributed by atoms with van der Waals surface area (Å²) in [5, 5.41) is 6.09. The van der Waals surface area contributed by atoms with Crippen molar-refractivity contribution in [1.29, 1.82) is 0 Å². The second kappa shape index (κ2) is 24.1. The highest BCUT2D eigenvalue weighted by Gasteiger charge is 2.43. The van der Waals surface area contributed by atoms with E-state index in [4.69, 9.17) is 4.74 Å². The molecule has 1 aromatic heterocycles. The van der Waals surface area contributed by atoms with Gasteiger partial charge in [0.05, 0.1) is 22.6 Å². The normalized spacial score (nSPS) is 15.7. The maximum absolute atomic E-state index is 14.1. The van der Waals surface area contributed by atoms with Gasteiger partial charge in [-0.2, -0.15) is 0 Å². The van der Waals surface area contributed by atoms with E-state index in [1.54, 1.807) is 21.1 Å². The zero-order valence-corrected chi connectivity index (χ0v) is 41.3. The van der Waals surface area contributed by atoms with Gasteiger partial charge in [-0.1, -0.05) is 145 Å². The van der Waals surface area contributed by atoms with Gasteiger partial charge in [-0.25, -0.2) is 4.98 Å². The van der Waals surface area contributed by atoms with E-state index in [-0.39, 0.29) is 36.0 Å². The second-order valence-corrected chi connectivity index (χ2v) is 19.8. The number of nitrogens with zero attached hydrogens (tertiary/aromatic N) is 3. The van der Waals surface area contributed by atoms with Gasteiger partial charge < -0.3 is 25.2 Å². The predicted octanol–water partition coefficient (Wildman–Crippen LogP) is 10.7. The van der Waals surface area contributed by atoms with E-state index < -0.39 is 17.5 Å². The van der Waals surface area contributed by atoms with Crippen LogP contribution in [0, 0.1) is 18.3 Å². The molecule has 4 aromatic carbocycles. The summed E-state index contributed by atoms with van der Waals surface area (Å²) in [5.74, 6) is 0.374. The first-order chi connectivity index (χ1) is 32.2. The molecule has 11 heteroatoms. The first-order valence-electron chi connectivity index (χ1n) is 23.9. The molecule has 10 nitrogen and oxygen atoms in total. The number of carbonyl (C=O) groups excluding carboxylic acids is 4. The smallest absolute Gasteiger partial charge is 0.246 e. The summed E-state index contributed by atoms with van der Waals surface area (Å²) >= 11 is 1.60. The Hall–Kier alpha value is -6.07. The number of allylic oxidation sites excluding steroid dienone is 1. The van der Waals surface area contributed by atoms with Crippen LogP contribution in [-0.2, 0) is 25.7 Å². The maximum atomic E-state index is 14.1. The fourth-order valence-corrected chi connectivity index (χ4v) is 9.59. The van der Waals surface area contributed by atoms with Crippen molar-refractivity contribution in [3.63, 3.8) is 0 Å². The summed E-state index contributed by atoms with van der Waals surface area (Å²) < 4.78 is 6.08. The molecule has 4 amide bonds. The van der Waals surface area contributed by atoms with Crippen molar-refractivity contribution >= 4 is 46.1 Å². The minimum absolute atomic E-state index is 0.0635. The minimum Gasteiger partial charge on any atom is -0.492 e. The van der Waals surface area contributed by atoms with Gasteiger partial charge in [0.2, 0.25) is 23.6 Å². The number of carbonyl (C=O) groups is 4. The number of likely N-dealkylation sites (N-methyl/N-ethyl adjacent to an activating group) is 1. The summed E-state index contributed by atoms with van der Waals surface area (Å²) in [6.45, 7) is 13.7. The standard InChI is InChI=1S/C56H69N5O5S/c1-8-47(42-19-13-11-14-20-42)51(43-21-15-12-16-22-43)44-29-31-46(32-30-44)66-34-33-60(7)50(63)24-18-10-9-17-23-49(62)59-53(56(4,5)6)55(65)61-37-39(2)35-48(61)54(64)57-36-41-25-27-45(28-26-41)52-40(3)58-38-67-52/h11-16,19-22,25-32,38-39,48,53H,8-10,17-18,23-24,33-37H2,1-7H3,(H,57,64)(H,59,62)/b51-47-/t39-,48+,53-/m1/s1. The monoisotopic (exact) mass is 924 g/mol. The molecule has 0 unspecified atom stereocenters. The molecule has 0 saturated carbocycles. The molecule has 1 aliphatic heterocycles. The number of hydrogen-bond acceptors (Lipinski definition) is 7. The van der Waals surface area contributed by atoms with Crippen LogP contribution in [-0.4, -0.2) is 77.2 Å². The number of hydrogen-bond donors (Lipinski definition) is 2. The lowest BCUT2D eigenvalue weighted by Crippen LogP contribution is -2.57. The van der Waals surface area contributed by atoms with Crippen molar-refractivity contribution in [2.24, 2.45) is 11.3 Å². The van der Waals surface area contributed by atoms with Crippen LogP contribution in [0.1, 0.15) is 114 Å². The van der Waals surface area contributed by atoms with E-state index >= 15 is 0 Å². The topological polar surface area (TPSA) is 121 Å². The first kappa shape index (κ1) is 50.3. The number of thiazole rings is 1. The third-order valence-electron chi connectivity index (χ3n) is 12.6. The van der Waals surface area contributed by atoms with Crippen molar-refractivity contribution in [1.82, 2.24) is 25.4 Å². The van der Waals surface area contributed by atoms with Gasteiger partial charge in [-0.05, 0) is 95.0 Å². The van der Waals surface area contributed by atoms with Gasteiger partial charge in [0.1, 0.15) is 24.4 Å². The molecule has 354 valence electrons. The van der Waals surface area contributed by atoms with E-state index in [2.05, 4.69) is 83.2 Å². The summed E-state index contributed by atoms with van der Waals surface area (Å²) in [4.78, 5) is 62.8. The van der Waals surface area contributed by atoms with Crippen LogP contribution in [0.25, 0.3) is 21.6 Å². The quantitative estimate of drug-likeness (QED) is 0.0559. The largest absolute Gasteiger partial charge is 0.492 e. The molecule has 0 bridgehead atoms. The van der Waals surface area contributed by atoms with Crippen LogP contribution in [0.2, 0.25) is 0 Å². The lowest BCUT2D eigenvalue weighted by atomic mass is 9.85. The number of amides is 4. The highest BCUT2D eigenvalue weighted by Crippen LogP contribution is 2.35. The lowest BCUT2D eigenvalue weighted by Gasteiger charge is -2.35. The fourth-order valence-electron chi connectivity index (χ4n) is 8.78. The average molecular weight is 924 g/mol. The van der Waals surface area contributed by atoms with E-state index in [0.717, 1.165) is 58.7 Å². The Morgan fingerprint density at radius 2 is 1.46 bits per heavy atom. The maximum Gasteiger partial charge on any atom is 0.246 e. The van der Waals surface area contributed by atoms with Gasteiger partial charge in [0.25, 0.3) is 0 Å². The Balaban J connectivity index is 0.900. The number of nitrogens with one attached hydrogen (secondary N) is 2. The Morgan fingerprint density at radius 3 is 2.07 bits per heavy atom. The Kier molecular flexibility index (Phi) is 18.1. The van der Waals surface area contributed by atoms with Gasteiger partial charge in [0, 0.05) is 33.0 Å². The zero-order valence-electron chi connectivity index (χ0n) is 40.5. The third-order valence-corrected chi connectivity index (χ3v) is 13.6. The van der Waals surface area contributed by atoms with Crippen LogP contribution >= 0.6 is 11.3 Å². The third kappa shape index (κ3) is 14.0. The summed E-state index contributed by atoms with van der Waals surface area (Å²) in [7, 11) is 1.81. The molecule has 0 spiro atoms. The summed E-state index contributed by atoms with van der Waals surface area (Å²) in [5.41, 5.74) is 10.3. The first-order valence-corrected chi connectivity index (χ1v) is 24.8. The van der Waals surface area contributed by atoms with E-state index in [1.165, 1.54) is 22.3 Å². The number of aryl methyl sites for hydroxylation is 1. The molecular formula is C56H69N5O5S. The van der Waals surface area contributed by atoms with Crippen LogP contribution in [0.15, 0.2) is 115 Å². The Morgan fingerprint density at radius 1 is 0.836 bits per heavy atom. The van der Waals surface area contributed by atoms with Crippen molar-refractivity contribution in [2.75, 3.05) is 26.7 Å². The van der Waals surface area contributed by atoms with Crippen LogP contribution in [0.3, 0.4) is 0 Å². The number of likely N-dealkylation sites (tertiary alicyclic amines) is 1. The molecule has 1 aliphatic rings. The lowest BCUT2D eigenvalue weighted by molar-refractivity contribution is -0.144. The number of aromatic nitrogens is 1. The number of unbranched alkanes of at least 4 members (excludes halogenated alkanes) is 3. The van der Waals surface area contributed by atoms with Crippen molar-refractivity contribution in [2.45, 2.75) is 112 Å². The molecule has 6 rings (SSSR count). The van der Waals surface area contributed by atoms with Crippen molar-refractivity contribution in [3.05, 3.63) is 143 Å².